The fourth-order valence-corrected chi connectivity index (χ4v) is 5.99. The van der Waals surface area contributed by atoms with Crippen LogP contribution < -0.4 is 10.2 Å². The van der Waals surface area contributed by atoms with Gasteiger partial charge in [0.2, 0.25) is 17.7 Å². The molecular formula is C29H19F6N3O3. The van der Waals surface area contributed by atoms with Crippen LogP contribution in [-0.2, 0) is 26.7 Å². The Morgan fingerprint density at radius 1 is 0.780 bits per heavy atom. The van der Waals surface area contributed by atoms with Crippen LogP contribution in [0, 0.1) is 11.8 Å². The number of hydrogen-bond donors (Lipinski definition) is 1. The predicted molar refractivity (Wildman–Crippen MR) is 135 cm³/mol. The first-order chi connectivity index (χ1) is 19.4. The summed E-state index contributed by atoms with van der Waals surface area (Å²) in [4.78, 5) is 43.4. The molecule has 12 heteroatoms. The molecule has 0 spiro atoms. The number of rotatable bonds is 3. The molecule has 1 N–H and O–H groups in total. The number of halogens is 6. The molecule has 3 aromatic rings. The van der Waals surface area contributed by atoms with E-state index >= 15 is 0 Å². The third-order valence-electron chi connectivity index (χ3n) is 7.64. The summed E-state index contributed by atoms with van der Waals surface area (Å²) in [6.07, 6.45) is -6.36. The quantitative estimate of drug-likeness (QED) is 0.315. The van der Waals surface area contributed by atoms with Crippen LogP contribution in [0.25, 0.3) is 6.08 Å². The van der Waals surface area contributed by atoms with Crippen molar-refractivity contribution in [3.05, 3.63) is 101 Å². The highest BCUT2D eigenvalue weighted by molar-refractivity contribution is 6.24. The van der Waals surface area contributed by atoms with Crippen LogP contribution in [0.15, 0.2) is 79.0 Å². The molecule has 4 atom stereocenters. The molecule has 6 nitrogen and oxygen atoms in total. The summed E-state index contributed by atoms with van der Waals surface area (Å²) in [5.41, 5.74) is -1.75. The Morgan fingerprint density at radius 3 is 2.20 bits per heavy atom. The van der Waals surface area contributed by atoms with Gasteiger partial charge in [0.15, 0.2) is 0 Å². The second-order valence-electron chi connectivity index (χ2n) is 9.93. The molecule has 3 heterocycles. The van der Waals surface area contributed by atoms with Crippen LogP contribution in [0.1, 0.15) is 28.3 Å². The van der Waals surface area contributed by atoms with E-state index in [0.29, 0.717) is 16.0 Å². The number of benzene rings is 3. The van der Waals surface area contributed by atoms with Gasteiger partial charge in [-0.2, -0.15) is 26.3 Å². The van der Waals surface area contributed by atoms with Crippen molar-refractivity contribution in [3.63, 3.8) is 0 Å². The second kappa shape index (κ2) is 9.22. The fourth-order valence-electron chi connectivity index (χ4n) is 5.99. The average molecular weight is 571 g/mol. The molecule has 0 radical (unpaired) electrons. The number of amides is 3. The van der Waals surface area contributed by atoms with Crippen LogP contribution >= 0.6 is 0 Å². The minimum atomic E-state index is -4.87. The largest absolute Gasteiger partial charge is 0.418 e. The third-order valence-corrected chi connectivity index (χ3v) is 7.64. The maximum atomic E-state index is 13.9. The zero-order valence-corrected chi connectivity index (χ0v) is 20.8. The van der Waals surface area contributed by atoms with Crippen molar-refractivity contribution in [2.75, 3.05) is 10.2 Å². The van der Waals surface area contributed by atoms with Crippen molar-refractivity contribution in [3.8, 4) is 0 Å². The van der Waals surface area contributed by atoms with E-state index in [9.17, 15) is 40.7 Å². The Kier molecular flexibility index (Phi) is 5.98. The van der Waals surface area contributed by atoms with Gasteiger partial charge < -0.3 is 10.2 Å². The first-order valence-electron chi connectivity index (χ1n) is 12.4. The first kappa shape index (κ1) is 26.6. The number of alkyl halides is 6. The number of nitrogens with zero attached hydrogens (tertiary/aromatic N) is 2. The van der Waals surface area contributed by atoms with Gasteiger partial charge in [0, 0.05) is 11.9 Å². The lowest BCUT2D eigenvalue weighted by molar-refractivity contribution is -0.138. The Balaban J connectivity index is 1.44. The van der Waals surface area contributed by atoms with Crippen LogP contribution in [0.3, 0.4) is 0 Å². The van der Waals surface area contributed by atoms with Crippen LogP contribution in [-0.4, -0.2) is 28.7 Å². The molecule has 2 fully saturated rings. The number of hydrogen-bond acceptors (Lipinski definition) is 4. The molecule has 6 rings (SSSR count). The van der Waals surface area contributed by atoms with E-state index in [-0.39, 0.29) is 5.69 Å². The molecular weight excluding hydrogens is 552 g/mol. The van der Waals surface area contributed by atoms with E-state index < -0.39 is 70.8 Å². The molecule has 3 aliphatic heterocycles. The molecule has 0 aliphatic carbocycles. The standard InChI is InChI=1S/C29H19F6N3O3/c30-28(31,32)16-7-5-8-17(14-16)36-25(39)24-22-21(23-18-9-2-1-6-15(18)12-13-37(23)24)26(40)38(27(22)41)20-11-4-3-10-19(20)29(33,34)35/h1-14,21-24H,(H,36,39)/t21-,22-,23-,24+/m1/s1. The summed E-state index contributed by atoms with van der Waals surface area (Å²) >= 11 is 0. The molecule has 0 saturated carbocycles. The molecule has 3 amide bonds. The van der Waals surface area contributed by atoms with E-state index in [4.69, 9.17) is 0 Å². The van der Waals surface area contributed by atoms with E-state index in [0.717, 1.165) is 36.4 Å². The maximum Gasteiger partial charge on any atom is 0.418 e. The van der Waals surface area contributed by atoms with Gasteiger partial charge in [-0.15, -0.1) is 0 Å². The molecule has 3 aromatic carbocycles. The van der Waals surface area contributed by atoms with Crippen molar-refractivity contribution in [2.24, 2.45) is 11.8 Å². The van der Waals surface area contributed by atoms with Crippen molar-refractivity contribution < 1.29 is 40.7 Å². The monoisotopic (exact) mass is 571 g/mol. The summed E-state index contributed by atoms with van der Waals surface area (Å²) < 4.78 is 81.4. The Morgan fingerprint density at radius 2 is 1.46 bits per heavy atom. The Bertz CT molecular complexity index is 1620. The number of nitrogens with one attached hydrogen (secondary N) is 1. The van der Waals surface area contributed by atoms with Crippen molar-refractivity contribution in [1.29, 1.82) is 0 Å². The van der Waals surface area contributed by atoms with Gasteiger partial charge in [-0.3, -0.25) is 14.4 Å². The maximum absolute atomic E-state index is 13.9. The van der Waals surface area contributed by atoms with Gasteiger partial charge in [-0.05, 0) is 47.5 Å². The van der Waals surface area contributed by atoms with Gasteiger partial charge >= 0.3 is 12.4 Å². The summed E-state index contributed by atoms with van der Waals surface area (Å²) in [6.45, 7) is 0. The van der Waals surface area contributed by atoms with Crippen molar-refractivity contribution in [1.82, 2.24) is 4.90 Å². The lowest BCUT2D eigenvalue weighted by Gasteiger charge is -2.35. The molecule has 0 unspecified atom stereocenters. The van der Waals surface area contributed by atoms with E-state index in [1.165, 1.54) is 23.2 Å². The molecule has 0 bridgehead atoms. The number of fused-ring (bicyclic) bond motifs is 5. The van der Waals surface area contributed by atoms with Crippen molar-refractivity contribution >= 4 is 35.2 Å². The van der Waals surface area contributed by atoms with Crippen LogP contribution in [0.4, 0.5) is 37.7 Å². The highest BCUT2D eigenvalue weighted by Crippen LogP contribution is 2.54. The SMILES string of the molecule is O=C(Nc1cccc(C(F)(F)F)c1)[C@@H]1[C@@H]2C(=O)N(c3ccccc3C(F)(F)F)C(=O)[C@H]2[C@H]2c3ccccc3C=CN12. The average Bonchev–Trinajstić information content (AvgIpc) is 3.40. The number of para-hydroxylation sites is 1. The van der Waals surface area contributed by atoms with E-state index in [2.05, 4.69) is 5.32 Å². The normalized spacial score (nSPS) is 23.4. The molecule has 210 valence electrons. The fraction of sp³-hybridized carbons (Fsp3) is 0.207. The van der Waals surface area contributed by atoms with Crippen LogP contribution in [0.2, 0.25) is 0 Å². The van der Waals surface area contributed by atoms with Crippen molar-refractivity contribution in [2.45, 2.75) is 24.4 Å². The number of imide groups is 1. The van der Waals surface area contributed by atoms with E-state index in [1.54, 1.807) is 30.3 Å². The highest BCUT2D eigenvalue weighted by atomic mass is 19.4. The summed E-state index contributed by atoms with van der Waals surface area (Å²) in [5, 5.41) is 2.42. The number of carbonyl (C=O) groups excluding carboxylic acids is 3. The van der Waals surface area contributed by atoms with Crippen LogP contribution in [0.5, 0.6) is 0 Å². The lowest BCUT2D eigenvalue weighted by Crippen LogP contribution is -2.46. The topological polar surface area (TPSA) is 69.7 Å². The van der Waals surface area contributed by atoms with Gasteiger partial charge in [-0.1, -0.05) is 42.5 Å². The number of anilines is 2. The lowest BCUT2D eigenvalue weighted by atomic mass is 9.84. The van der Waals surface area contributed by atoms with Gasteiger partial charge in [0.05, 0.1) is 34.7 Å². The minimum absolute atomic E-state index is 0.192. The minimum Gasteiger partial charge on any atom is -0.357 e. The van der Waals surface area contributed by atoms with E-state index in [1.807, 2.05) is 0 Å². The Labute approximate surface area is 228 Å². The molecule has 41 heavy (non-hydrogen) atoms. The first-order valence-corrected chi connectivity index (χ1v) is 12.4. The summed E-state index contributed by atoms with van der Waals surface area (Å²) in [7, 11) is 0. The summed E-state index contributed by atoms with van der Waals surface area (Å²) in [6, 6.07) is 12.7. The third kappa shape index (κ3) is 4.25. The predicted octanol–water partition coefficient (Wildman–Crippen LogP) is 5.88. The van der Waals surface area contributed by atoms with Gasteiger partial charge in [-0.25, -0.2) is 4.90 Å². The smallest absolute Gasteiger partial charge is 0.357 e. The molecule has 3 aliphatic rings. The van der Waals surface area contributed by atoms with Gasteiger partial charge in [0.25, 0.3) is 0 Å². The molecule has 2 saturated heterocycles. The second-order valence-corrected chi connectivity index (χ2v) is 9.93. The molecule has 0 aromatic heterocycles. The zero-order chi connectivity index (χ0) is 29.3. The zero-order valence-electron chi connectivity index (χ0n) is 20.8. The highest BCUT2D eigenvalue weighted by Gasteiger charge is 2.65. The summed E-state index contributed by atoms with van der Waals surface area (Å²) in [5.74, 6) is -5.41. The number of carbonyl (C=O) groups is 3. The Hall–Kier alpha value is -4.61. The van der Waals surface area contributed by atoms with Gasteiger partial charge in [0.1, 0.15) is 6.04 Å².